The summed E-state index contributed by atoms with van der Waals surface area (Å²) < 4.78 is 57.4. The minimum atomic E-state index is -3.88. The molecule has 1 atom stereocenters. The maximum atomic E-state index is 15.8. The number of carbonyl (C=O) groups excluding carboxylic acids is 1. The monoisotopic (exact) mass is 623 g/mol. The molecule has 1 N–H and O–H groups in total. The number of sulfone groups is 1. The summed E-state index contributed by atoms with van der Waals surface area (Å²) >= 11 is 0. The second-order valence-electron chi connectivity index (χ2n) is 10.7. The molecule has 13 heteroatoms. The normalized spacial score (nSPS) is 15.8. The fourth-order valence-electron chi connectivity index (χ4n) is 5.46. The fraction of sp³-hybridized carbons (Fsp3) is 0.290. The maximum Gasteiger partial charge on any atom is 0.355 e. The molecule has 1 aliphatic rings. The summed E-state index contributed by atoms with van der Waals surface area (Å²) in [7, 11) is -3.88. The van der Waals surface area contributed by atoms with Gasteiger partial charge in [0.05, 0.1) is 21.5 Å². The average molecular weight is 624 g/mol. The molecule has 44 heavy (non-hydrogen) atoms. The minimum absolute atomic E-state index is 0.0296. The molecule has 2 aromatic heterocycles. The number of nitrogens with zero attached hydrogens (tertiary/aromatic N) is 5. The number of carbonyl (C=O) groups is 1. The number of aromatic nitrogens is 3. The number of anilines is 1. The Morgan fingerprint density at radius 3 is 2.50 bits per heavy atom. The van der Waals surface area contributed by atoms with Gasteiger partial charge in [-0.05, 0) is 56.2 Å². The van der Waals surface area contributed by atoms with Gasteiger partial charge >= 0.3 is 5.69 Å². The van der Waals surface area contributed by atoms with Crippen LogP contribution in [0.3, 0.4) is 0 Å². The summed E-state index contributed by atoms with van der Waals surface area (Å²) in [6.45, 7) is 6.22. The zero-order valence-electron chi connectivity index (χ0n) is 24.6. The lowest BCUT2D eigenvalue weighted by atomic mass is 10.1. The summed E-state index contributed by atoms with van der Waals surface area (Å²) in [5.41, 5.74) is -1.80. The lowest BCUT2D eigenvalue weighted by molar-refractivity contribution is -0.126. The van der Waals surface area contributed by atoms with Crippen LogP contribution in [-0.4, -0.2) is 70.8 Å². The van der Waals surface area contributed by atoms with Crippen LogP contribution in [0.4, 0.5) is 14.6 Å². The van der Waals surface area contributed by atoms with Crippen molar-refractivity contribution in [2.45, 2.75) is 38.1 Å². The van der Waals surface area contributed by atoms with E-state index in [1.807, 2.05) is 13.8 Å². The smallest absolute Gasteiger partial charge is 0.355 e. The lowest BCUT2D eigenvalue weighted by Crippen LogP contribution is -2.54. The molecular formula is C31H31F2N5O5S. The first-order valence-corrected chi connectivity index (χ1v) is 15.9. The first-order chi connectivity index (χ1) is 20.8. The number of phenolic OH excluding ortho intramolecular Hbond substituents is 1. The number of fused-ring (bicyclic) bond motifs is 1. The number of rotatable bonds is 6. The highest BCUT2D eigenvalue weighted by molar-refractivity contribution is 7.90. The highest BCUT2D eigenvalue weighted by Crippen LogP contribution is 2.36. The number of hydrogen-bond donors (Lipinski definition) is 1. The molecule has 10 nitrogen and oxygen atoms in total. The topological polar surface area (TPSA) is 126 Å². The van der Waals surface area contributed by atoms with Gasteiger partial charge < -0.3 is 14.9 Å². The number of pyridine rings is 1. The van der Waals surface area contributed by atoms with Gasteiger partial charge in [0, 0.05) is 31.9 Å². The van der Waals surface area contributed by atoms with Crippen LogP contribution in [-0.2, 0) is 14.6 Å². The van der Waals surface area contributed by atoms with Gasteiger partial charge in [-0.15, -0.1) is 0 Å². The molecule has 0 aliphatic carbocycles. The van der Waals surface area contributed by atoms with E-state index in [9.17, 15) is 27.5 Å². The van der Waals surface area contributed by atoms with E-state index in [2.05, 4.69) is 9.97 Å². The van der Waals surface area contributed by atoms with E-state index in [1.165, 1.54) is 30.3 Å². The standard InChI is InChI=1S/C31H31F2N5O5S/c1-5-6-13-25(40)36-14-15-37(19(3)17-36)29-20-16-22(33)27(26-21(32)10-8-11-23(26)39)34-30(20)38(31(41)35-29)28-18(2)9-7-12-24(28)44(4,42)43/h6-13,16,19,39H,5,14-15,17H2,1-4H3/b13-6+/t19-/m0/s1. The van der Waals surface area contributed by atoms with E-state index in [0.29, 0.717) is 25.1 Å². The average Bonchev–Trinajstić information content (AvgIpc) is 2.96. The molecule has 0 bridgehead atoms. The first kappa shape index (κ1) is 30.8. The molecule has 5 rings (SSSR count). The third-order valence-electron chi connectivity index (χ3n) is 7.56. The van der Waals surface area contributed by atoms with E-state index in [4.69, 9.17) is 0 Å². The van der Waals surface area contributed by atoms with Crippen LogP contribution in [0.1, 0.15) is 25.8 Å². The molecule has 2 aromatic carbocycles. The number of para-hydroxylation sites is 1. The van der Waals surface area contributed by atoms with Crippen LogP contribution in [0.25, 0.3) is 28.0 Å². The van der Waals surface area contributed by atoms with Gasteiger partial charge in [0.25, 0.3) is 0 Å². The first-order valence-electron chi connectivity index (χ1n) is 14.0. The Morgan fingerprint density at radius 2 is 1.84 bits per heavy atom. The molecule has 1 aliphatic heterocycles. The third-order valence-corrected chi connectivity index (χ3v) is 8.69. The van der Waals surface area contributed by atoms with E-state index in [0.717, 1.165) is 23.0 Å². The van der Waals surface area contributed by atoms with Crippen molar-refractivity contribution in [1.29, 1.82) is 0 Å². The van der Waals surface area contributed by atoms with Gasteiger partial charge in [-0.2, -0.15) is 4.98 Å². The van der Waals surface area contributed by atoms with Crippen LogP contribution in [0.2, 0.25) is 0 Å². The Kier molecular flexibility index (Phi) is 8.25. The molecule has 1 fully saturated rings. The van der Waals surface area contributed by atoms with Crippen LogP contribution < -0.4 is 10.6 Å². The summed E-state index contributed by atoms with van der Waals surface area (Å²) in [6.07, 6.45) is 4.98. The molecule has 3 heterocycles. The Hall–Kier alpha value is -4.65. The van der Waals surface area contributed by atoms with E-state index >= 15 is 4.39 Å². The number of piperazine rings is 1. The Labute approximate surface area is 252 Å². The van der Waals surface area contributed by atoms with Gasteiger partial charge in [-0.25, -0.2) is 31.5 Å². The molecule has 0 saturated carbocycles. The number of amides is 1. The maximum absolute atomic E-state index is 15.8. The van der Waals surface area contributed by atoms with Gasteiger partial charge in [0.1, 0.15) is 23.1 Å². The zero-order valence-corrected chi connectivity index (χ0v) is 25.4. The predicted octanol–water partition coefficient (Wildman–Crippen LogP) is 4.15. The van der Waals surface area contributed by atoms with Crippen molar-refractivity contribution < 1.29 is 27.1 Å². The molecule has 230 valence electrons. The Morgan fingerprint density at radius 1 is 1.11 bits per heavy atom. The van der Waals surface area contributed by atoms with Crippen molar-refractivity contribution in [3.63, 3.8) is 0 Å². The number of benzene rings is 2. The SMILES string of the molecule is CC/C=C/C(=O)N1CCN(c2nc(=O)n(-c3c(C)cccc3S(C)(=O)=O)c3nc(-c4c(O)cccc4F)c(F)cc23)[C@@H](C)C1. The molecule has 0 unspecified atom stereocenters. The second kappa shape index (κ2) is 11.8. The molecule has 1 saturated heterocycles. The molecule has 4 aromatic rings. The van der Waals surface area contributed by atoms with Gasteiger partial charge in [-0.1, -0.05) is 31.2 Å². The van der Waals surface area contributed by atoms with E-state index in [-0.39, 0.29) is 45.9 Å². The summed E-state index contributed by atoms with van der Waals surface area (Å²) in [5, 5.41) is 10.5. The largest absolute Gasteiger partial charge is 0.507 e. The van der Waals surface area contributed by atoms with Crippen LogP contribution in [0.5, 0.6) is 5.75 Å². The number of allylic oxidation sites excluding steroid dienone is 1. The fourth-order valence-corrected chi connectivity index (χ4v) is 6.39. The summed E-state index contributed by atoms with van der Waals surface area (Å²) in [6, 6.07) is 8.63. The van der Waals surface area contributed by atoms with Crippen molar-refractivity contribution in [3.05, 3.63) is 82.3 Å². The van der Waals surface area contributed by atoms with Crippen molar-refractivity contribution in [2.24, 2.45) is 0 Å². The van der Waals surface area contributed by atoms with Gasteiger partial charge in [-0.3, -0.25) is 4.79 Å². The zero-order chi connectivity index (χ0) is 31.9. The van der Waals surface area contributed by atoms with Crippen LogP contribution in [0.15, 0.2) is 64.3 Å². The van der Waals surface area contributed by atoms with Crippen molar-refractivity contribution in [2.75, 3.05) is 30.8 Å². The predicted molar refractivity (Wildman–Crippen MR) is 163 cm³/mol. The molecule has 0 spiro atoms. The van der Waals surface area contributed by atoms with E-state index < -0.39 is 44.2 Å². The Bertz CT molecular complexity index is 1970. The number of hydrogen-bond acceptors (Lipinski definition) is 8. The Balaban J connectivity index is 1.80. The van der Waals surface area contributed by atoms with E-state index in [1.54, 1.807) is 28.9 Å². The quantitative estimate of drug-likeness (QED) is 0.318. The number of phenols is 1. The lowest BCUT2D eigenvalue weighted by Gasteiger charge is -2.40. The van der Waals surface area contributed by atoms with Gasteiger partial charge in [0.15, 0.2) is 21.3 Å². The summed E-state index contributed by atoms with van der Waals surface area (Å²) in [5.74, 6) is -2.58. The number of aryl methyl sites for hydroxylation is 1. The number of halogens is 2. The molecule has 0 radical (unpaired) electrons. The summed E-state index contributed by atoms with van der Waals surface area (Å²) in [4.78, 5) is 38.4. The highest BCUT2D eigenvalue weighted by atomic mass is 32.2. The van der Waals surface area contributed by atoms with Crippen molar-refractivity contribution in [1.82, 2.24) is 19.4 Å². The van der Waals surface area contributed by atoms with Crippen LogP contribution >= 0.6 is 0 Å². The molecule has 1 amide bonds. The van der Waals surface area contributed by atoms with Crippen molar-refractivity contribution >= 4 is 32.6 Å². The molecular weight excluding hydrogens is 592 g/mol. The number of aromatic hydroxyl groups is 1. The van der Waals surface area contributed by atoms with Crippen LogP contribution in [0, 0.1) is 18.6 Å². The van der Waals surface area contributed by atoms with Crippen molar-refractivity contribution in [3.8, 4) is 22.7 Å². The third kappa shape index (κ3) is 5.54. The minimum Gasteiger partial charge on any atom is -0.507 e. The second-order valence-corrected chi connectivity index (χ2v) is 12.7. The highest BCUT2D eigenvalue weighted by Gasteiger charge is 2.31. The van der Waals surface area contributed by atoms with Gasteiger partial charge in [0.2, 0.25) is 5.91 Å².